The van der Waals surface area contributed by atoms with Crippen molar-refractivity contribution in [1.82, 2.24) is 10.3 Å². The van der Waals surface area contributed by atoms with Gasteiger partial charge in [0, 0.05) is 12.6 Å². The summed E-state index contributed by atoms with van der Waals surface area (Å²) < 4.78 is 0. The van der Waals surface area contributed by atoms with Gasteiger partial charge in [-0.25, -0.2) is 9.78 Å². The highest BCUT2D eigenvalue weighted by atomic mass is 16.4. The lowest BCUT2D eigenvalue weighted by Gasteiger charge is -2.15. The standard InChI is InChI=1S/C15H15N3O3/c16-11-7-4-8-17-13(11)14(19)18-12(15(20)21)9-10-5-2-1-3-6-10/h1-8,12H,9,16H2,(H,18,19)(H,20,21). The maximum absolute atomic E-state index is 12.1. The number of hydrogen-bond acceptors (Lipinski definition) is 4. The van der Waals surface area contributed by atoms with Crippen molar-refractivity contribution < 1.29 is 14.7 Å². The van der Waals surface area contributed by atoms with E-state index in [2.05, 4.69) is 10.3 Å². The van der Waals surface area contributed by atoms with Gasteiger partial charge < -0.3 is 16.2 Å². The number of hydrogen-bond donors (Lipinski definition) is 3. The van der Waals surface area contributed by atoms with Crippen LogP contribution < -0.4 is 11.1 Å². The molecule has 1 aromatic heterocycles. The van der Waals surface area contributed by atoms with E-state index >= 15 is 0 Å². The first-order valence-electron chi connectivity index (χ1n) is 6.36. The summed E-state index contributed by atoms with van der Waals surface area (Å²) >= 11 is 0. The van der Waals surface area contributed by atoms with Crippen molar-refractivity contribution in [3.05, 3.63) is 59.9 Å². The van der Waals surface area contributed by atoms with Gasteiger partial charge in [-0.15, -0.1) is 0 Å². The summed E-state index contributed by atoms with van der Waals surface area (Å²) in [4.78, 5) is 27.2. The molecule has 0 saturated carbocycles. The van der Waals surface area contributed by atoms with Gasteiger partial charge >= 0.3 is 5.97 Å². The van der Waals surface area contributed by atoms with Crippen molar-refractivity contribution in [3.63, 3.8) is 0 Å². The number of carboxylic acid groups (broad SMARTS) is 1. The lowest BCUT2D eigenvalue weighted by Crippen LogP contribution is -2.42. The second-order valence-corrected chi connectivity index (χ2v) is 4.50. The number of amides is 1. The molecule has 1 amide bonds. The number of rotatable bonds is 5. The average Bonchev–Trinajstić information content (AvgIpc) is 2.48. The number of nitrogen functional groups attached to an aromatic ring is 1. The molecule has 2 rings (SSSR count). The highest BCUT2D eigenvalue weighted by Gasteiger charge is 2.22. The molecule has 4 N–H and O–H groups in total. The Hall–Kier alpha value is -2.89. The van der Waals surface area contributed by atoms with Gasteiger partial charge in [0.25, 0.3) is 5.91 Å². The molecule has 108 valence electrons. The molecule has 0 aliphatic rings. The van der Waals surface area contributed by atoms with E-state index in [0.29, 0.717) is 0 Å². The molecule has 0 fully saturated rings. The predicted octanol–water partition coefficient (Wildman–Crippen LogP) is 1.09. The van der Waals surface area contributed by atoms with E-state index in [4.69, 9.17) is 5.73 Å². The van der Waals surface area contributed by atoms with Gasteiger partial charge in [0.05, 0.1) is 5.69 Å². The minimum absolute atomic E-state index is 0.0248. The molecule has 1 unspecified atom stereocenters. The molecular weight excluding hydrogens is 270 g/mol. The van der Waals surface area contributed by atoms with Crippen LogP contribution in [0.2, 0.25) is 0 Å². The number of anilines is 1. The van der Waals surface area contributed by atoms with Gasteiger partial charge in [-0.2, -0.15) is 0 Å². The lowest BCUT2D eigenvalue weighted by atomic mass is 10.1. The molecule has 6 heteroatoms. The van der Waals surface area contributed by atoms with E-state index in [1.807, 2.05) is 18.2 Å². The van der Waals surface area contributed by atoms with Crippen LogP contribution in [0.25, 0.3) is 0 Å². The number of carbonyl (C=O) groups excluding carboxylic acids is 1. The number of carbonyl (C=O) groups is 2. The number of nitrogens with zero attached hydrogens (tertiary/aromatic N) is 1. The number of aromatic nitrogens is 1. The zero-order chi connectivity index (χ0) is 15.2. The normalized spacial score (nSPS) is 11.6. The summed E-state index contributed by atoms with van der Waals surface area (Å²) in [5, 5.41) is 11.7. The van der Waals surface area contributed by atoms with E-state index in [-0.39, 0.29) is 17.8 Å². The van der Waals surface area contributed by atoms with Gasteiger partial charge in [0.2, 0.25) is 0 Å². The summed E-state index contributed by atoms with van der Waals surface area (Å²) in [6.07, 6.45) is 1.62. The molecule has 0 bridgehead atoms. The minimum atomic E-state index is -1.11. The monoisotopic (exact) mass is 285 g/mol. The van der Waals surface area contributed by atoms with E-state index in [9.17, 15) is 14.7 Å². The molecule has 1 aromatic carbocycles. The number of benzene rings is 1. The van der Waals surface area contributed by atoms with Crippen LogP contribution in [-0.2, 0) is 11.2 Å². The van der Waals surface area contributed by atoms with E-state index in [0.717, 1.165) is 5.56 Å². The topological polar surface area (TPSA) is 105 Å². The Morgan fingerprint density at radius 1 is 1.19 bits per heavy atom. The quantitative estimate of drug-likeness (QED) is 0.762. The van der Waals surface area contributed by atoms with E-state index in [1.54, 1.807) is 18.2 Å². The number of nitrogens with one attached hydrogen (secondary N) is 1. The van der Waals surface area contributed by atoms with Gasteiger partial charge in [0.15, 0.2) is 5.69 Å². The molecule has 1 atom stereocenters. The Kier molecular flexibility index (Phi) is 4.50. The first-order valence-corrected chi connectivity index (χ1v) is 6.36. The summed E-state index contributed by atoms with van der Waals surface area (Å²) in [6, 6.07) is 11.2. The Labute approximate surface area is 121 Å². The summed E-state index contributed by atoms with van der Waals surface area (Å²) in [7, 11) is 0. The molecule has 0 aliphatic heterocycles. The zero-order valence-corrected chi connectivity index (χ0v) is 11.2. The Morgan fingerprint density at radius 2 is 1.90 bits per heavy atom. The van der Waals surface area contributed by atoms with Crippen LogP contribution in [0.3, 0.4) is 0 Å². The Bertz CT molecular complexity index is 644. The second kappa shape index (κ2) is 6.51. The molecule has 1 heterocycles. The number of pyridine rings is 1. The number of carboxylic acids is 1. The molecule has 0 saturated heterocycles. The first kappa shape index (κ1) is 14.5. The van der Waals surface area contributed by atoms with Gasteiger partial charge in [0.1, 0.15) is 6.04 Å². The molecule has 21 heavy (non-hydrogen) atoms. The fraction of sp³-hybridized carbons (Fsp3) is 0.133. The summed E-state index contributed by atoms with van der Waals surface area (Å²) in [5.74, 6) is -1.71. The lowest BCUT2D eigenvalue weighted by molar-refractivity contribution is -0.139. The summed E-state index contributed by atoms with van der Waals surface area (Å²) in [6.45, 7) is 0. The van der Waals surface area contributed by atoms with Crippen molar-refractivity contribution in [2.24, 2.45) is 0 Å². The third-order valence-corrected chi connectivity index (χ3v) is 2.94. The molecule has 0 spiro atoms. The third kappa shape index (κ3) is 3.79. The molecule has 6 nitrogen and oxygen atoms in total. The van der Waals surface area contributed by atoms with Crippen molar-refractivity contribution in [2.75, 3.05) is 5.73 Å². The zero-order valence-electron chi connectivity index (χ0n) is 11.2. The highest BCUT2D eigenvalue weighted by molar-refractivity contribution is 5.99. The smallest absolute Gasteiger partial charge is 0.326 e. The van der Waals surface area contributed by atoms with Crippen LogP contribution in [0, 0.1) is 0 Å². The third-order valence-electron chi connectivity index (χ3n) is 2.94. The largest absolute Gasteiger partial charge is 0.480 e. The Balaban J connectivity index is 2.12. The Morgan fingerprint density at radius 3 is 2.52 bits per heavy atom. The highest BCUT2D eigenvalue weighted by Crippen LogP contribution is 2.08. The maximum atomic E-state index is 12.1. The van der Waals surface area contributed by atoms with Crippen molar-refractivity contribution >= 4 is 17.6 Å². The van der Waals surface area contributed by atoms with Crippen LogP contribution in [0.4, 0.5) is 5.69 Å². The number of nitrogens with two attached hydrogens (primary N) is 1. The molecule has 0 radical (unpaired) electrons. The van der Waals surface area contributed by atoms with Crippen LogP contribution in [0.5, 0.6) is 0 Å². The maximum Gasteiger partial charge on any atom is 0.326 e. The SMILES string of the molecule is Nc1cccnc1C(=O)NC(Cc1ccccc1)C(=O)O. The first-order chi connectivity index (χ1) is 10.1. The van der Waals surface area contributed by atoms with E-state index in [1.165, 1.54) is 12.3 Å². The van der Waals surface area contributed by atoms with Crippen LogP contribution in [0.15, 0.2) is 48.7 Å². The number of aliphatic carboxylic acids is 1. The van der Waals surface area contributed by atoms with Gasteiger partial charge in [-0.1, -0.05) is 30.3 Å². The minimum Gasteiger partial charge on any atom is -0.480 e. The summed E-state index contributed by atoms with van der Waals surface area (Å²) in [5.41, 5.74) is 6.71. The fourth-order valence-corrected chi connectivity index (χ4v) is 1.88. The molecule has 2 aromatic rings. The van der Waals surface area contributed by atoms with Crippen LogP contribution >= 0.6 is 0 Å². The van der Waals surface area contributed by atoms with Gasteiger partial charge in [-0.3, -0.25) is 4.79 Å². The molecule has 0 aliphatic carbocycles. The van der Waals surface area contributed by atoms with Crippen LogP contribution in [-0.4, -0.2) is 28.0 Å². The molecular formula is C15H15N3O3. The fourth-order valence-electron chi connectivity index (χ4n) is 1.88. The average molecular weight is 285 g/mol. The van der Waals surface area contributed by atoms with Crippen LogP contribution in [0.1, 0.15) is 16.1 Å². The van der Waals surface area contributed by atoms with E-state index < -0.39 is 17.9 Å². The van der Waals surface area contributed by atoms with Gasteiger partial charge in [-0.05, 0) is 17.7 Å². The second-order valence-electron chi connectivity index (χ2n) is 4.50. The van der Waals surface area contributed by atoms with Crippen molar-refractivity contribution in [1.29, 1.82) is 0 Å². The van der Waals surface area contributed by atoms with Crippen molar-refractivity contribution in [2.45, 2.75) is 12.5 Å². The predicted molar refractivity (Wildman–Crippen MR) is 77.7 cm³/mol. The van der Waals surface area contributed by atoms with Crippen molar-refractivity contribution in [3.8, 4) is 0 Å².